The van der Waals surface area contributed by atoms with Gasteiger partial charge in [0.25, 0.3) is 0 Å². The van der Waals surface area contributed by atoms with Crippen LogP contribution in [0.4, 0.5) is 15.1 Å². The molecule has 0 unspecified atom stereocenters. The zero-order chi connectivity index (χ0) is 20.2. The number of ether oxygens (including phenoxy) is 1. The summed E-state index contributed by atoms with van der Waals surface area (Å²) >= 11 is 0. The van der Waals surface area contributed by atoms with Crippen molar-refractivity contribution in [2.24, 2.45) is 0 Å². The van der Waals surface area contributed by atoms with Crippen LogP contribution in [-0.2, 0) is 11.3 Å². The van der Waals surface area contributed by atoms with E-state index in [0.29, 0.717) is 26.2 Å². The summed E-state index contributed by atoms with van der Waals surface area (Å²) < 4.78 is 20.4. The number of nitrogens with zero attached hydrogens (tertiary/aromatic N) is 4. The Morgan fingerprint density at radius 3 is 2.58 bits per heavy atom. The van der Waals surface area contributed by atoms with Crippen molar-refractivity contribution in [3.05, 3.63) is 54.1 Å². The number of anilines is 1. The Labute approximate surface area is 192 Å². The van der Waals surface area contributed by atoms with Crippen molar-refractivity contribution in [2.75, 3.05) is 25.0 Å². The first kappa shape index (κ1) is 24.7. The smallest absolute Gasteiger partial charge is 0.409 e. The summed E-state index contributed by atoms with van der Waals surface area (Å²) in [6.45, 7) is 4.07. The van der Waals surface area contributed by atoms with Crippen molar-refractivity contribution in [3.8, 4) is 0 Å². The van der Waals surface area contributed by atoms with Crippen LogP contribution in [0.2, 0.25) is 0 Å². The number of fused-ring (bicyclic) bond motifs is 1. The number of aromatic nitrogens is 3. The minimum Gasteiger partial charge on any atom is -0.450 e. The molecule has 1 fully saturated rings. The van der Waals surface area contributed by atoms with Gasteiger partial charge in [0, 0.05) is 25.3 Å². The summed E-state index contributed by atoms with van der Waals surface area (Å²) in [5, 5.41) is 3.53. The predicted octanol–water partition coefficient (Wildman–Crippen LogP) is 4.50. The highest BCUT2D eigenvalue weighted by Crippen LogP contribution is 2.23. The predicted molar refractivity (Wildman–Crippen MR) is 123 cm³/mol. The van der Waals surface area contributed by atoms with E-state index in [9.17, 15) is 9.18 Å². The monoisotopic (exact) mass is 469 g/mol. The third-order valence-electron chi connectivity index (χ3n) is 5.16. The molecule has 2 aromatic heterocycles. The van der Waals surface area contributed by atoms with Gasteiger partial charge in [-0.2, -0.15) is 0 Å². The van der Waals surface area contributed by atoms with E-state index in [0.717, 1.165) is 35.4 Å². The lowest BCUT2D eigenvalue weighted by molar-refractivity contribution is 0.0983. The summed E-state index contributed by atoms with van der Waals surface area (Å²) in [5.41, 5.74) is 2.76. The molecule has 1 aliphatic heterocycles. The molecule has 0 bridgehead atoms. The van der Waals surface area contributed by atoms with E-state index in [4.69, 9.17) is 9.72 Å². The van der Waals surface area contributed by atoms with Crippen LogP contribution >= 0.6 is 24.8 Å². The quantitative estimate of drug-likeness (QED) is 0.595. The Hall–Kier alpha value is -2.58. The number of hydrogen-bond acceptors (Lipinski definition) is 5. The number of pyridine rings is 1. The molecule has 1 aromatic carbocycles. The van der Waals surface area contributed by atoms with Crippen molar-refractivity contribution in [1.29, 1.82) is 0 Å². The summed E-state index contributed by atoms with van der Waals surface area (Å²) in [7, 11) is 0. The van der Waals surface area contributed by atoms with Gasteiger partial charge in [0.1, 0.15) is 11.3 Å². The zero-order valence-corrected chi connectivity index (χ0v) is 18.8. The first-order valence-electron chi connectivity index (χ1n) is 9.87. The molecule has 0 aliphatic carbocycles. The van der Waals surface area contributed by atoms with Gasteiger partial charge >= 0.3 is 6.09 Å². The lowest BCUT2D eigenvalue weighted by atomic mass is 10.1. The van der Waals surface area contributed by atoms with E-state index in [1.54, 1.807) is 29.4 Å². The van der Waals surface area contributed by atoms with Crippen molar-refractivity contribution in [1.82, 2.24) is 19.4 Å². The van der Waals surface area contributed by atoms with Gasteiger partial charge in [0.15, 0.2) is 0 Å². The summed E-state index contributed by atoms with van der Waals surface area (Å²) in [6, 6.07) is 8.63. The molecule has 7 nitrogen and oxygen atoms in total. The molecule has 1 aliphatic rings. The molecule has 1 N–H and O–H groups in total. The first-order chi connectivity index (χ1) is 14.1. The van der Waals surface area contributed by atoms with Crippen molar-refractivity contribution >= 4 is 47.9 Å². The van der Waals surface area contributed by atoms with Crippen molar-refractivity contribution in [2.45, 2.75) is 32.4 Å². The van der Waals surface area contributed by atoms with E-state index < -0.39 is 0 Å². The minimum atomic E-state index is -0.250. The van der Waals surface area contributed by atoms with Gasteiger partial charge in [0.05, 0.1) is 24.9 Å². The lowest BCUT2D eigenvalue weighted by Gasteiger charge is -2.31. The molecule has 10 heteroatoms. The SMILES string of the molecule is CCOC(=O)N1CCC(Nc2nc3cnccc3n2Cc2ccc(F)cc2)CC1.Cl.Cl. The highest BCUT2D eigenvalue weighted by molar-refractivity contribution is 5.85. The standard InChI is InChI=1S/C21H24FN5O2.2ClH/c1-2-29-21(28)26-11-8-17(9-12-26)24-20-25-18-13-23-10-7-19(18)27(20)14-15-3-5-16(22)6-4-15;;/h3-7,10,13,17H,2,8-9,11-12,14H2,1H3,(H,24,25);2*1H. The Morgan fingerprint density at radius 2 is 1.90 bits per heavy atom. The van der Waals surface area contributed by atoms with Gasteiger partial charge in [-0.05, 0) is 43.5 Å². The number of nitrogens with one attached hydrogen (secondary N) is 1. The third-order valence-corrected chi connectivity index (χ3v) is 5.16. The van der Waals surface area contributed by atoms with E-state index in [1.165, 1.54) is 12.1 Å². The van der Waals surface area contributed by atoms with Crippen LogP contribution in [0.5, 0.6) is 0 Å². The van der Waals surface area contributed by atoms with Crippen LogP contribution in [0, 0.1) is 5.82 Å². The molecule has 4 rings (SSSR count). The van der Waals surface area contributed by atoms with Crippen LogP contribution in [0.1, 0.15) is 25.3 Å². The van der Waals surface area contributed by atoms with Crippen molar-refractivity contribution in [3.63, 3.8) is 0 Å². The second-order valence-electron chi connectivity index (χ2n) is 7.12. The fraction of sp³-hybridized carbons (Fsp3) is 0.381. The number of carbonyl (C=O) groups is 1. The van der Waals surface area contributed by atoms with Gasteiger partial charge < -0.3 is 19.5 Å². The molecule has 3 aromatic rings. The molecular formula is C21H26Cl2FN5O2. The maximum absolute atomic E-state index is 13.3. The molecule has 1 amide bonds. The van der Waals surface area contributed by atoms with Gasteiger partial charge in [-0.1, -0.05) is 12.1 Å². The largest absolute Gasteiger partial charge is 0.450 e. The van der Waals surface area contributed by atoms with Crippen LogP contribution in [0.25, 0.3) is 11.0 Å². The fourth-order valence-electron chi connectivity index (χ4n) is 3.63. The highest BCUT2D eigenvalue weighted by Gasteiger charge is 2.25. The van der Waals surface area contributed by atoms with E-state index in [2.05, 4.69) is 14.9 Å². The molecule has 0 spiro atoms. The number of hydrogen-bond donors (Lipinski definition) is 1. The number of likely N-dealkylation sites (tertiary alicyclic amines) is 1. The van der Waals surface area contributed by atoms with Crippen LogP contribution in [0.3, 0.4) is 0 Å². The van der Waals surface area contributed by atoms with Crippen LogP contribution in [0.15, 0.2) is 42.7 Å². The van der Waals surface area contributed by atoms with Crippen LogP contribution < -0.4 is 5.32 Å². The number of carbonyl (C=O) groups excluding carboxylic acids is 1. The molecule has 1 saturated heterocycles. The minimum absolute atomic E-state index is 0. The Bertz CT molecular complexity index is 991. The molecule has 168 valence electrons. The molecule has 0 atom stereocenters. The lowest BCUT2D eigenvalue weighted by Crippen LogP contribution is -2.42. The normalized spacial score (nSPS) is 13.9. The second-order valence-corrected chi connectivity index (χ2v) is 7.12. The second kappa shape index (κ2) is 11.2. The number of halogens is 3. The molecule has 0 saturated carbocycles. The van der Waals surface area contributed by atoms with E-state index in [1.807, 2.05) is 13.0 Å². The highest BCUT2D eigenvalue weighted by atomic mass is 35.5. The Balaban J connectivity index is 0.00000171. The first-order valence-corrected chi connectivity index (χ1v) is 9.87. The van der Waals surface area contributed by atoms with Gasteiger partial charge in [-0.25, -0.2) is 14.2 Å². The number of benzene rings is 1. The maximum Gasteiger partial charge on any atom is 0.409 e. The van der Waals surface area contributed by atoms with Gasteiger partial charge in [-0.3, -0.25) is 4.98 Å². The number of imidazole rings is 1. The number of amides is 1. The number of rotatable bonds is 5. The van der Waals surface area contributed by atoms with E-state index >= 15 is 0 Å². The molecule has 0 radical (unpaired) electrons. The molecule has 3 heterocycles. The topological polar surface area (TPSA) is 72.3 Å². The van der Waals surface area contributed by atoms with Crippen LogP contribution in [-0.4, -0.2) is 51.3 Å². The Kier molecular flexibility index (Phi) is 8.88. The summed E-state index contributed by atoms with van der Waals surface area (Å²) in [6.07, 6.45) is 4.87. The molecule has 31 heavy (non-hydrogen) atoms. The van der Waals surface area contributed by atoms with Gasteiger partial charge in [-0.15, -0.1) is 24.8 Å². The summed E-state index contributed by atoms with van der Waals surface area (Å²) in [5.74, 6) is 0.507. The zero-order valence-electron chi connectivity index (χ0n) is 17.2. The fourth-order valence-corrected chi connectivity index (χ4v) is 3.63. The summed E-state index contributed by atoms with van der Waals surface area (Å²) in [4.78, 5) is 22.5. The third kappa shape index (κ3) is 5.77. The average Bonchev–Trinajstić information content (AvgIpc) is 3.07. The van der Waals surface area contributed by atoms with E-state index in [-0.39, 0.29) is 42.8 Å². The van der Waals surface area contributed by atoms with Gasteiger partial charge in [0.2, 0.25) is 5.95 Å². The Morgan fingerprint density at radius 1 is 1.19 bits per heavy atom. The molecular weight excluding hydrogens is 444 g/mol. The number of piperidine rings is 1. The average molecular weight is 470 g/mol. The maximum atomic E-state index is 13.3. The van der Waals surface area contributed by atoms with Crippen molar-refractivity contribution < 1.29 is 13.9 Å².